The number of anilines is 1. The van der Waals surface area contributed by atoms with Gasteiger partial charge < -0.3 is 15.1 Å². The predicted octanol–water partition coefficient (Wildman–Crippen LogP) is 3.43. The Morgan fingerprint density at radius 1 is 1.15 bits per heavy atom. The second-order valence-corrected chi connectivity index (χ2v) is 7.87. The van der Waals surface area contributed by atoms with Crippen LogP contribution in [-0.4, -0.2) is 51.9 Å². The fourth-order valence-corrected chi connectivity index (χ4v) is 3.95. The number of nitrogens with one attached hydrogen (secondary N) is 1. The number of carbonyl (C=O) groups is 1. The van der Waals surface area contributed by atoms with Crippen molar-refractivity contribution in [3.05, 3.63) is 56.5 Å². The topological polar surface area (TPSA) is 78.7 Å². The van der Waals surface area contributed by atoms with Crippen molar-refractivity contribution in [3.8, 4) is 0 Å². The third kappa shape index (κ3) is 4.42. The lowest BCUT2D eigenvalue weighted by Gasteiger charge is -2.36. The monoisotopic (exact) mass is 404 g/mol. The number of hydrogen-bond acceptors (Lipinski definition) is 5. The first-order valence-corrected chi connectivity index (χ1v) is 9.74. The summed E-state index contributed by atoms with van der Waals surface area (Å²) in [4.78, 5) is 27.0. The molecule has 2 aromatic rings. The van der Waals surface area contributed by atoms with Crippen LogP contribution in [0.4, 0.5) is 10.7 Å². The standard InChI is InChI=1S/C18H20N4O3S2/c1-12-3-4-13(2)14(11-12)19-18(26)21-9-7-20(8-10-21)17(23)15-5-6-16(27-15)22(24)25/h3-6,11H,7-10H2,1-2H3,(H,19,26). The van der Waals surface area contributed by atoms with Gasteiger partial charge in [-0.05, 0) is 49.3 Å². The molecule has 0 atom stereocenters. The molecule has 0 aliphatic carbocycles. The van der Waals surface area contributed by atoms with Crippen LogP contribution in [-0.2, 0) is 0 Å². The molecule has 1 aromatic heterocycles. The lowest BCUT2D eigenvalue weighted by atomic mass is 10.1. The van der Waals surface area contributed by atoms with Crippen molar-refractivity contribution in [2.75, 3.05) is 31.5 Å². The Hall–Kier alpha value is -2.52. The Labute approximate surface area is 166 Å². The van der Waals surface area contributed by atoms with Gasteiger partial charge in [-0.15, -0.1) is 0 Å². The number of benzene rings is 1. The third-order valence-corrected chi connectivity index (χ3v) is 5.86. The highest BCUT2D eigenvalue weighted by Gasteiger charge is 2.25. The molecule has 27 heavy (non-hydrogen) atoms. The first-order valence-electron chi connectivity index (χ1n) is 8.52. The second kappa shape index (κ2) is 8.01. The van der Waals surface area contributed by atoms with E-state index in [-0.39, 0.29) is 10.9 Å². The Balaban J connectivity index is 1.57. The van der Waals surface area contributed by atoms with Crippen molar-refractivity contribution in [3.63, 3.8) is 0 Å². The normalized spacial score (nSPS) is 14.1. The number of nitro groups is 1. The molecule has 1 saturated heterocycles. The van der Waals surface area contributed by atoms with E-state index in [1.807, 2.05) is 18.7 Å². The van der Waals surface area contributed by atoms with Gasteiger partial charge in [-0.25, -0.2) is 0 Å². The quantitative estimate of drug-likeness (QED) is 0.480. The Bertz CT molecular complexity index is 888. The van der Waals surface area contributed by atoms with Gasteiger partial charge in [0.05, 0.1) is 9.80 Å². The molecule has 1 aliphatic rings. The summed E-state index contributed by atoms with van der Waals surface area (Å²) in [6, 6.07) is 9.06. The summed E-state index contributed by atoms with van der Waals surface area (Å²) in [6.45, 7) is 6.36. The molecule has 3 rings (SSSR count). The average molecular weight is 405 g/mol. The molecule has 0 bridgehead atoms. The summed E-state index contributed by atoms with van der Waals surface area (Å²) in [5.74, 6) is -0.166. The number of amides is 1. The van der Waals surface area contributed by atoms with E-state index in [0.29, 0.717) is 36.2 Å². The van der Waals surface area contributed by atoms with E-state index in [2.05, 4.69) is 23.5 Å². The predicted molar refractivity (Wildman–Crippen MR) is 111 cm³/mol. The van der Waals surface area contributed by atoms with Crippen LogP contribution in [0.5, 0.6) is 0 Å². The summed E-state index contributed by atoms with van der Waals surface area (Å²) >= 11 is 6.44. The molecule has 9 heteroatoms. The van der Waals surface area contributed by atoms with Crippen molar-refractivity contribution < 1.29 is 9.72 Å². The molecule has 7 nitrogen and oxygen atoms in total. The summed E-state index contributed by atoms with van der Waals surface area (Å²) in [7, 11) is 0. The van der Waals surface area contributed by atoms with Gasteiger partial charge in [-0.2, -0.15) is 0 Å². The zero-order chi connectivity index (χ0) is 19.6. The molecule has 2 heterocycles. The van der Waals surface area contributed by atoms with E-state index in [0.717, 1.165) is 28.2 Å². The minimum atomic E-state index is -0.475. The van der Waals surface area contributed by atoms with Crippen LogP contribution >= 0.6 is 23.6 Å². The van der Waals surface area contributed by atoms with Crippen molar-refractivity contribution in [2.45, 2.75) is 13.8 Å². The van der Waals surface area contributed by atoms with Crippen LogP contribution in [0.15, 0.2) is 30.3 Å². The molecule has 1 N–H and O–H groups in total. The summed E-state index contributed by atoms with van der Waals surface area (Å²) < 4.78 is 0. The van der Waals surface area contributed by atoms with Gasteiger partial charge in [0, 0.05) is 37.9 Å². The van der Waals surface area contributed by atoms with E-state index >= 15 is 0 Å². The van der Waals surface area contributed by atoms with Gasteiger partial charge in [0.1, 0.15) is 0 Å². The van der Waals surface area contributed by atoms with Gasteiger partial charge >= 0.3 is 5.00 Å². The summed E-state index contributed by atoms with van der Waals surface area (Å²) in [5, 5.41) is 14.7. The highest BCUT2D eigenvalue weighted by Crippen LogP contribution is 2.25. The number of aryl methyl sites for hydroxylation is 2. The number of piperazine rings is 1. The first-order chi connectivity index (χ1) is 12.8. The van der Waals surface area contributed by atoms with Crippen LogP contribution in [0.1, 0.15) is 20.8 Å². The zero-order valence-electron chi connectivity index (χ0n) is 15.1. The highest BCUT2D eigenvalue weighted by atomic mass is 32.1. The Kier molecular flexibility index (Phi) is 5.71. The highest BCUT2D eigenvalue weighted by molar-refractivity contribution is 7.80. The minimum Gasteiger partial charge on any atom is -0.345 e. The van der Waals surface area contributed by atoms with Crippen molar-refractivity contribution in [1.29, 1.82) is 0 Å². The molecule has 1 amide bonds. The number of carbonyl (C=O) groups excluding carboxylic acids is 1. The van der Waals surface area contributed by atoms with Gasteiger partial charge in [-0.3, -0.25) is 14.9 Å². The Morgan fingerprint density at radius 2 is 1.81 bits per heavy atom. The molecule has 1 aliphatic heterocycles. The summed E-state index contributed by atoms with van der Waals surface area (Å²) in [6.07, 6.45) is 0. The second-order valence-electron chi connectivity index (χ2n) is 6.42. The maximum Gasteiger partial charge on any atom is 0.324 e. The number of thiophene rings is 1. The van der Waals surface area contributed by atoms with Crippen molar-refractivity contribution in [2.24, 2.45) is 0 Å². The fourth-order valence-electron chi connectivity index (χ4n) is 2.87. The molecule has 0 unspecified atom stereocenters. The van der Waals surface area contributed by atoms with E-state index < -0.39 is 4.92 Å². The number of nitrogens with zero attached hydrogens (tertiary/aromatic N) is 3. The molecule has 0 spiro atoms. The van der Waals surface area contributed by atoms with Crippen LogP contribution in [0, 0.1) is 24.0 Å². The van der Waals surface area contributed by atoms with E-state index in [1.165, 1.54) is 12.1 Å². The van der Waals surface area contributed by atoms with E-state index in [9.17, 15) is 14.9 Å². The van der Waals surface area contributed by atoms with Gasteiger partial charge in [0.15, 0.2) is 5.11 Å². The third-order valence-electron chi connectivity index (χ3n) is 4.47. The average Bonchev–Trinajstić information content (AvgIpc) is 3.15. The lowest BCUT2D eigenvalue weighted by molar-refractivity contribution is -0.380. The zero-order valence-corrected chi connectivity index (χ0v) is 16.7. The van der Waals surface area contributed by atoms with Gasteiger partial charge in [-0.1, -0.05) is 23.5 Å². The van der Waals surface area contributed by atoms with Crippen LogP contribution in [0.3, 0.4) is 0 Å². The SMILES string of the molecule is Cc1ccc(C)c(NC(=S)N2CCN(C(=O)c3ccc([N+](=O)[O-])s3)CC2)c1. The molecular weight excluding hydrogens is 384 g/mol. The maximum atomic E-state index is 12.5. The van der Waals surface area contributed by atoms with Gasteiger partial charge in [0.2, 0.25) is 0 Å². The molecule has 142 valence electrons. The summed E-state index contributed by atoms with van der Waals surface area (Å²) in [5.41, 5.74) is 3.27. The first kappa shape index (κ1) is 19.2. The van der Waals surface area contributed by atoms with E-state index in [1.54, 1.807) is 4.90 Å². The molecule has 1 aromatic carbocycles. The largest absolute Gasteiger partial charge is 0.345 e. The molecular formula is C18H20N4O3S2. The Morgan fingerprint density at radius 3 is 2.44 bits per heavy atom. The smallest absolute Gasteiger partial charge is 0.324 e. The molecule has 0 radical (unpaired) electrons. The minimum absolute atomic E-state index is 0.0177. The van der Waals surface area contributed by atoms with Crippen molar-refractivity contribution >= 4 is 45.3 Å². The number of rotatable bonds is 3. The number of thiocarbonyl (C=S) groups is 1. The van der Waals surface area contributed by atoms with Gasteiger partial charge in [0.25, 0.3) is 5.91 Å². The van der Waals surface area contributed by atoms with Crippen LogP contribution < -0.4 is 5.32 Å². The number of hydrogen-bond donors (Lipinski definition) is 1. The van der Waals surface area contributed by atoms with E-state index in [4.69, 9.17) is 12.2 Å². The lowest BCUT2D eigenvalue weighted by Crippen LogP contribution is -2.51. The fraction of sp³-hybridized carbons (Fsp3) is 0.333. The van der Waals surface area contributed by atoms with Crippen LogP contribution in [0.2, 0.25) is 0 Å². The van der Waals surface area contributed by atoms with Crippen molar-refractivity contribution in [1.82, 2.24) is 9.80 Å². The van der Waals surface area contributed by atoms with Crippen LogP contribution in [0.25, 0.3) is 0 Å². The molecule has 0 saturated carbocycles. The maximum absolute atomic E-state index is 12.5. The molecule has 1 fully saturated rings.